The molecule has 0 amide bonds. The second-order valence-electron chi connectivity index (χ2n) is 17.1. The molecule has 6 aromatic rings. The highest BCUT2D eigenvalue weighted by Crippen LogP contribution is 2.39. The molecule has 4 aliphatic rings. The van der Waals surface area contributed by atoms with Gasteiger partial charge in [0.25, 0.3) is 16.7 Å². The van der Waals surface area contributed by atoms with Crippen LogP contribution in [0.4, 0.5) is 11.8 Å². The molecule has 10 heterocycles. The Labute approximate surface area is 421 Å². The Kier molecular flexibility index (Phi) is 17.9. The lowest BCUT2D eigenvalue weighted by Gasteiger charge is -2.16. The van der Waals surface area contributed by atoms with Crippen LogP contribution in [-0.4, -0.2) is 201 Å². The summed E-state index contributed by atoms with van der Waals surface area (Å²) < 4.78 is 41.4. The van der Waals surface area contributed by atoms with Gasteiger partial charge in [0.05, 0.1) is 57.6 Å². The van der Waals surface area contributed by atoms with E-state index in [1.54, 1.807) is 6.92 Å². The molecule has 0 radical (unpaired) electrons. The standard InChI is InChI=1S/C10H14N5O8P.C10H12N4O5.C10H14N2O5.C9H13N3O4/c11-10-13-7-4(8(18)14-10)12-2-15(7)9-6(17)5(16)3(23-9)1-22-24(19,20)21;15-1-4-6(16)7(17)10(19-4)14-3-13-5-8(14)11-2-12-9(5)18;1-5-3-12(10(16)11-9(5)15)8-2-6(14)7(4-13)17-8;10-7-1-2-12(9(15)11-7)8-3-5(14)6(4-13)16-8/h2-3,5-6,9,16-17H,1H2,(H2,19,20,21)(H3,11,13,14,18);2-4,6-7,10,15-17H,1H2,(H,11,12,18);3,6-8,13-14H,2,4H2,1H3,(H,11,15,16);1-2,5-6,8,13-14H,3-4H2,(H2,10,11,15)/t3-,5-,6-,9-;4-,6-,7-,10-;6-,7+,8+;5-,6+,8+/m1100/s1. The maximum atomic E-state index is 11.7. The van der Waals surface area contributed by atoms with Gasteiger partial charge in [0.1, 0.15) is 67.1 Å². The summed E-state index contributed by atoms with van der Waals surface area (Å²) in [6, 6.07) is 1.48. The van der Waals surface area contributed by atoms with Crippen LogP contribution >= 0.6 is 7.82 Å². The zero-order valence-corrected chi connectivity index (χ0v) is 40.2. The number of imidazole rings is 2. The quantitative estimate of drug-likeness (QED) is 0.0567. The van der Waals surface area contributed by atoms with Crippen LogP contribution in [-0.2, 0) is 28.0 Å². The molecule has 14 atom stereocenters. The predicted molar refractivity (Wildman–Crippen MR) is 250 cm³/mol. The predicted octanol–water partition coefficient (Wildman–Crippen LogP) is -7.89. The number of nitrogens with two attached hydrogens (primary N) is 2. The number of H-pyrrole nitrogens is 3. The summed E-state index contributed by atoms with van der Waals surface area (Å²) in [7, 11) is -4.76. The van der Waals surface area contributed by atoms with Gasteiger partial charge in [-0.3, -0.25) is 47.1 Å². The van der Waals surface area contributed by atoms with Gasteiger partial charge in [-0.25, -0.2) is 29.1 Å². The SMILES string of the molecule is Cc1cn([C@H]2C[C@H](O)[C@@H](CO)O2)c(=O)[nH]c1=O.Nc1ccn([C@H]2C[C@H](O)[C@@H](CO)O2)c(=O)n1.Nc1nc2c(ncn2[C@@H]2O[C@H](COP(=O)(O)O)[C@@H](O)[C@H]2O)c(=O)[nH]1.O=c1[nH]cnc2c1ncn2[C@@H]1O[C@H](CO)[C@@H](O)[C@H]1O. The third kappa shape index (κ3) is 12.5. The number of aliphatic hydroxyl groups is 9. The lowest BCUT2D eigenvalue weighted by molar-refractivity contribution is -0.0511. The summed E-state index contributed by atoms with van der Waals surface area (Å²) in [6.07, 6.45) is -6.91. The fraction of sp³-hybridized carbons (Fsp3) is 0.538. The average molecular weight is 1100 g/mol. The van der Waals surface area contributed by atoms with Crippen LogP contribution in [0.1, 0.15) is 43.3 Å². The second-order valence-corrected chi connectivity index (χ2v) is 18.4. The number of anilines is 2. The Morgan fingerprint density at radius 2 is 1.21 bits per heavy atom. The number of hydrogen-bond acceptors (Lipinski definition) is 27. The summed E-state index contributed by atoms with van der Waals surface area (Å²) in [5.41, 5.74) is 8.96. The van der Waals surface area contributed by atoms with Crippen molar-refractivity contribution >= 4 is 41.9 Å². The molecule has 37 heteroatoms. The molecule has 0 bridgehead atoms. The van der Waals surface area contributed by atoms with Crippen LogP contribution < -0.4 is 39.5 Å². The molecule has 6 aromatic heterocycles. The molecule has 0 unspecified atom stereocenters. The van der Waals surface area contributed by atoms with Crippen LogP contribution in [0.5, 0.6) is 0 Å². The van der Waals surface area contributed by atoms with Crippen LogP contribution in [0, 0.1) is 6.92 Å². The van der Waals surface area contributed by atoms with Crippen LogP contribution in [0.15, 0.2) is 61.4 Å². The Hall–Kier alpha value is -6.55. The number of phosphoric acid groups is 1. The van der Waals surface area contributed by atoms with Gasteiger partial charge in [0.2, 0.25) is 5.95 Å². The molecule has 10 rings (SSSR count). The highest BCUT2D eigenvalue weighted by molar-refractivity contribution is 7.46. The fourth-order valence-electron chi connectivity index (χ4n) is 8.10. The third-order valence-electron chi connectivity index (χ3n) is 12.0. The van der Waals surface area contributed by atoms with E-state index in [9.17, 15) is 59.2 Å². The van der Waals surface area contributed by atoms with Crippen molar-refractivity contribution < 1.29 is 83.8 Å². The maximum Gasteiger partial charge on any atom is 0.469 e. The number of nitrogens with zero attached hydrogens (tertiary/aromatic N) is 9. The van der Waals surface area contributed by atoms with Crippen molar-refractivity contribution in [2.24, 2.45) is 0 Å². The van der Waals surface area contributed by atoms with E-state index in [1.807, 2.05) is 0 Å². The first-order valence-electron chi connectivity index (χ1n) is 22.5. The monoisotopic (exact) mass is 1100 g/mol. The lowest BCUT2D eigenvalue weighted by Crippen LogP contribution is -2.33. The van der Waals surface area contributed by atoms with Gasteiger partial charge < -0.3 is 91.1 Å². The van der Waals surface area contributed by atoms with Crippen molar-refractivity contribution in [2.75, 3.05) is 37.9 Å². The van der Waals surface area contributed by atoms with Crippen molar-refractivity contribution in [1.29, 1.82) is 0 Å². The first-order valence-corrected chi connectivity index (χ1v) is 24.0. The molecule has 18 N–H and O–H groups in total. The molecular weight excluding hydrogens is 1050 g/mol. The number of rotatable bonds is 10. The van der Waals surface area contributed by atoms with Gasteiger partial charge >= 0.3 is 19.2 Å². The Bertz CT molecular complexity index is 3320. The number of nitrogen functional groups attached to an aromatic ring is 2. The minimum atomic E-state index is -4.76. The van der Waals surface area contributed by atoms with E-state index in [2.05, 4.69) is 44.4 Å². The number of nitrogens with one attached hydrogen (secondary N) is 3. The van der Waals surface area contributed by atoms with E-state index in [-0.39, 0.29) is 60.1 Å². The molecule has 4 fully saturated rings. The minimum absolute atomic E-state index is 0.0176. The highest BCUT2D eigenvalue weighted by Gasteiger charge is 2.46. The van der Waals surface area contributed by atoms with Crippen molar-refractivity contribution in [3.63, 3.8) is 0 Å². The first kappa shape index (κ1) is 57.2. The molecule has 0 spiro atoms. The normalized spacial score (nSPS) is 29.2. The van der Waals surface area contributed by atoms with Crippen molar-refractivity contribution in [3.8, 4) is 0 Å². The number of hydrogen-bond donors (Lipinski definition) is 16. The average Bonchev–Trinajstić information content (AvgIpc) is 4.24. The number of aryl methyl sites for hydroxylation is 1. The van der Waals surface area contributed by atoms with Gasteiger partial charge in [-0.15, -0.1) is 0 Å². The largest absolute Gasteiger partial charge is 0.469 e. The molecule has 76 heavy (non-hydrogen) atoms. The van der Waals surface area contributed by atoms with Gasteiger partial charge in [0.15, 0.2) is 34.8 Å². The number of aromatic amines is 3. The smallest absolute Gasteiger partial charge is 0.394 e. The van der Waals surface area contributed by atoms with E-state index in [4.69, 9.17) is 55.5 Å². The topological polar surface area (TPSA) is 555 Å². The zero-order valence-electron chi connectivity index (χ0n) is 39.3. The number of aromatic nitrogens is 12. The van der Waals surface area contributed by atoms with E-state index >= 15 is 0 Å². The van der Waals surface area contributed by atoms with Crippen molar-refractivity contribution in [3.05, 3.63) is 95.0 Å². The fourth-order valence-corrected chi connectivity index (χ4v) is 8.44. The zero-order chi connectivity index (χ0) is 55.5. The highest BCUT2D eigenvalue weighted by atomic mass is 31.2. The summed E-state index contributed by atoms with van der Waals surface area (Å²) in [6.45, 7) is -0.0929. The van der Waals surface area contributed by atoms with Gasteiger partial charge in [0, 0.05) is 30.8 Å². The van der Waals surface area contributed by atoms with Crippen LogP contribution in [0.3, 0.4) is 0 Å². The first-order chi connectivity index (χ1) is 35.9. The summed E-state index contributed by atoms with van der Waals surface area (Å²) in [5, 5.41) is 85.6. The molecule has 4 saturated heterocycles. The lowest BCUT2D eigenvalue weighted by atomic mass is 10.1. The third-order valence-corrected chi connectivity index (χ3v) is 12.5. The van der Waals surface area contributed by atoms with E-state index in [1.165, 1.54) is 55.7 Å². The van der Waals surface area contributed by atoms with Gasteiger partial charge in [-0.1, -0.05) is 0 Å². The Morgan fingerprint density at radius 1 is 0.671 bits per heavy atom. The summed E-state index contributed by atoms with van der Waals surface area (Å²) in [4.78, 5) is 101. The number of ether oxygens (including phenoxy) is 4. The van der Waals surface area contributed by atoms with E-state index in [0.29, 0.717) is 5.56 Å². The van der Waals surface area contributed by atoms with Crippen molar-refractivity contribution in [1.82, 2.24) is 58.1 Å². The molecular formula is C39H53N14O22P. The molecule has 0 aromatic carbocycles. The number of phosphoric ester groups is 1. The Balaban J connectivity index is 0.000000149. The molecule has 0 saturated carbocycles. The van der Waals surface area contributed by atoms with E-state index < -0.39 is 135 Å². The van der Waals surface area contributed by atoms with Gasteiger partial charge in [-0.05, 0) is 13.0 Å². The van der Waals surface area contributed by atoms with E-state index in [0.717, 1.165) is 0 Å². The molecule has 0 aliphatic carbocycles. The Morgan fingerprint density at radius 3 is 1.75 bits per heavy atom. The summed E-state index contributed by atoms with van der Waals surface area (Å²) >= 11 is 0. The maximum absolute atomic E-state index is 11.7. The minimum Gasteiger partial charge on any atom is -0.394 e. The van der Waals surface area contributed by atoms with Crippen LogP contribution in [0.25, 0.3) is 22.3 Å². The van der Waals surface area contributed by atoms with Gasteiger partial charge in [-0.2, -0.15) is 9.97 Å². The summed E-state index contributed by atoms with van der Waals surface area (Å²) in [5.74, 6) is -0.0397. The molecule has 4 aliphatic heterocycles. The molecule has 36 nitrogen and oxygen atoms in total. The molecule has 416 valence electrons. The second kappa shape index (κ2) is 23.8. The van der Waals surface area contributed by atoms with Crippen molar-refractivity contribution in [2.45, 2.75) is 106 Å². The number of fused-ring (bicyclic) bond motifs is 2. The number of aliphatic hydroxyl groups excluding tert-OH is 9. The van der Waals surface area contributed by atoms with Crippen LogP contribution in [0.2, 0.25) is 0 Å².